The molecule has 0 saturated heterocycles. The van der Waals surface area contributed by atoms with Gasteiger partial charge in [0, 0.05) is 18.4 Å². The molecule has 0 radical (unpaired) electrons. The minimum Gasteiger partial charge on any atom is -0.489 e. The Labute approximate surface area is 243 Å². The van der Waals surface area contributed by atoms with Crippen LogP contribution in [0.3, 0.4) is 0 Å². The molecule has 0 aliphatic carbocycles. The Balaban J connectivity index is 1.22. The van der Waals surface area contributed by atoms with Crippen molar-refractivity contribution in [1.82, 2.24) is 0 Å². The molecule has 0 spiro atoms. The number of ether oxygens (including phenoxy) is 3. The molecule has 0 N–H and O–H groups in total. The summed E-state index contributed by atoms with van der Waals surface area (Å²) in [6.45, 7) is 0.626. The molecule has 0 fully saturated rings. The van der Waals surface area contributed by atoms with Gasteiger partial charge < -0.3 is 18.6 Å². The van der Waals surface area contributed by atoms with Gasteiger partial charge in [-0.3, -0.25) is 14.4 Å². The Morgan fingerprint density at radius 3 is 1.93 bits per heavy atom. The van der Waals surface area contributed by atoms with Crippen LogP contribution in [0.4, 0.5) is 0 Å². The first kappa shape index (κ1) is 28.4. The van der Waals surface area contributed by atoms with Crippen molar-refractivity contribution in [3.63, 3.8) is 0 Å². The summed E-state index contributed by atoms with van der Waals surface area (Å²) in [5.41, 5.74) is 2.47. The average molecular weight is 563 g/mol. The monoisotopic (exact) mass is 562 g/mol. The number of benzene rings is 4. The topological polar surface area (TPSA) is 92.0 Å². The molecular weight excluding hydrogens is 532 g/mol. The molecule has 0 amide bonds. The predicted molar refractivity (Wildman–Crippen MR) is 159 cm³/mol. The number of para-hydroxylation sites is 1. The Morgan fingerprint density at radius 2 is 1.24 bits per heavy atom. The summed E-state index contributed by atoms with van der Waals surface area (Å²) < 4.78 is 22.8. The van der Waals surface area contributed by atoms with Crippen LogP contribution in [-0.2, 0) is 27.5 Å². The van der Waals surface area contributed by atoms with Gasteiger partial charge in [-0.25, -0.2) is 0 Å². The molecule has 0 unspecified atom stereocenters. The highest BCUT2D eigenvalue weighted by Crippen LogP contribution is 2.32. The molecule has 1 heterocycles. The summed E-state index contributed by atoms with van der Waals surface area (Å²) >= 11 is 0. The van der Waals surface area contributed by atoms with Crippen molar-refractivity contribution >= 4 is 22.9 Å². The minimum absolute atomic E-state index is 0.0317. The number of unbranched alkanes of at least 4 members (excludes halogenated alkanes) is 1. The predicted octanol–water partition coefficient (Wildman–Crippen LogP) is 7.25. The van der Waals surface area contributed by atoms with Crippen molar-refractivity contribution in [3.05, 3.63) is 131 Å². The van der Waals surface area contributed by atoms with E-state index in [9.17, 15) is 14.4 Å². The second kappa shape index (κ2) is 13.9. The fourth-order valence-corrected chi connectivity index (χ4v) is 4.36. The molecular formula is C35H30O7. The molecule has 4 aromatic carbocycles. The fraction of sp³-hybridized carbons (Fsp3) is 0.171. The Morgan fingerprint density at radius 1 is 0.643 bits per heavy atom. The lowest BCUT2D eigenvalue weighted by molar-refractivity contribution is -0.145. The highest BCUT2D eigenvalue weighted by molar-refractivity contribution is 5.84. The number of rotatable bonds is 12. The standard InChI is InChI=1S/C35H30O7/c36-31(40-24-26-13-5-2-6-14-26)17-9-10-18-32(37)42-35-33(38)29-15-7-8-16-30(29)41-34(35)27-19-21-28(22-20-27)39-23-25-11-3-1-4-12-25/h1-8,11-16,19-22H,9-10,17-18,23-24H2. The van der Waals surface area contributed by atoms with Crippen molar-refractivity contribution in [3.8, 4) is 22.8 Å². The zero-order valence-corrected chi connectivity index (χ0v) is 23.0. The van der Waals surface area contributed by atoms with E-state index < -0.39 is 11.4 Å². The van der Waals surface area contributed by atoms with Crippen LogP contribution in [0.5, 0.6) is 11.5 Å². The molecule has 5 rings (SSSR count). The van der Waals surface area contributed by atoms with E-state index in [0.717, 1.165) is 11.1 Å². The maximum absolute atomic E-state index is 13.4. The molecule has 5 aromatic rings. The fourth-order valence-electron chi connectivity index (χ4n) is 4.36. The Bertz CT molecular complexity index is 1690. The lowest BCUT2D eigenvalue weighted by atomic mass is 10.1. The van der Waals surface area contributed by atoms with Gasteiger partial charge in [-0.1, -0.05) is 72.8 Å². The first-order valence-electron chi connectivity index (χ1n) is 13.8. The molecule has 0 saturated carbocycles. The van der Waals surface area contributed by atoms with E-state index >= 15 is 0 Å². The van der Waals surface area contributed by atoms with E-state index in [4.69, 9.17) is 18.6 Å². The van der Waals surface area contributed by atoms with Gasteiger partial charge in [-0.15, -0.1) is 0 Å². The van der Waals surface area contributed by atoms with Crippen LogP contribution in [-0.4, -0.2) is 11.9 Å². The normalized spacial score (nSPS) is 10.8. The average Bonchev–Trinajstić information content (AvgIpc) is 3.03. The maximum Gasteiger partial charge on any atom is 0.311 e. The molecule has 212 valence electrons. The van der Waals surface area contributed by atoms with Gasteiger partial charge in [-0.2, -0.15) is 0 Å². The summed E-state index contributed by atoms with van der Waals surface area (Å²) in [6, 6.07) is 33.1. The van der Waals surface area contributed by atoms with Crippen molar-refractivity contribution in [2.24, 2.45) is 0 Å². The van der Waals surface area contributed by atoms with Crippen molar-refractivity contribution in [1.29, 1.82) is 0 Å². The van der Waals surface area contributed by atoms with Crippen LogP contribution in [0, 0.1) is 0 Å². The van der Waals surface area contributed by atoms with E-state index in [1.54, 1.807) is 48.5 Å². The van der Waals surface area contributed by atoms with Crippen LogP contribution in [0.2, 0.25) is 0 Å². The SMILES string of the molecule is O=C(CCCCC(=O)Oc1c(-c2ccc(OCc3ccccc3)cc2)oc2ccccc2c1=O)OCc1ccccc1. The molecule has 0 bridgehead atoms. The van der Waals surface area contributed by atoms with Gasteiger partial charge in [0.1, 0.15) is 24.5 Å². The number of fused-ring (bicyclic) bond motifs is 1. The van der Waals surface area contributed by atoms with Gasteiger partial charge in [0.25, 0.3) is 0 Å². The van der Waals surface area contributed by atoms with Crippen LogP contribution in [0.25, 0.3) is 22.3 Å². The number of hydrogen-bond donors (Lipinski definition) is 0. The van der Waals surface area contributed by atoms with Crippen LogP contribution in [0.15, 0.2) is 118 Å². The minimum atomic E-state index is -0.584. The number of hydrogen-bond acceptors (Lipinski definition) is 7. The molecule has 42 heavy (non-hydrogen) atoms. The first-order valence-corrected chi connectivity index (χ1v) is 13.8. The third-order valence-corrected chi connectivity index (χ3v) is 6.59. The lowest BCUT2D eigenvalue weighted by Crippen LogP contribution is -2.16. The third-order valence-electron chi connectivity index (χ3n) is 6.59. The van der Waals surface area contributed by atoms with E-state index in [0.29, 0.717) is 41.7 Å². The van der Waals surface area contributed by atoms with Crippen molar-refractivity contribution in [2.45, 2.75) is 38.9 Å². The number of carbonyl (C=O) groups is 2. The summed E-state index contributed by atoms with van der Waals surface area (Å²) in [5.74, 6) is -0.281. The molecule has 7 heteroatoms. The van der Waals surface area contributed by atoms with Crippen LogP contribution < -0.4 is 14.9 Å². The lowest BCUT2D eigenvalue weighted by Gasteiger charge is -2.12. The summed E-state index contributed by atoms with van der Waals surface area (Å²) in [6.07, 6.45) is 1.07. The zero-order valence-electron chi connectivity index (χ0n) is 23.0. The van der Waals surface area contributed by atoms with E-state index in [1.807, 2.05) is 60.7 Å². The second-order valence-corrected chi connectivity index (χ2v) is 9.71. The first-order chi connectivity index (χ1) is 20.6. The highest BCUT2D eigenvalue weighted by Gasteiger charge is 2.20. The third kappa shape index (κ3) is 7.52. The van der Waals surface area contributed by atoms with Gasteiger partial charge in [0.05, 0.1) is 5.39 Å². The molecule has 1 aromatic heterocycles. The highest BCUT2D eigenvalue weighted by atomic mass is 16.5. The van der Waals surface area contributed by atoms with E-state index in [1.165, 1.54) is 0 Å². The molecule has 7 nitrogen and oxygen atoms in total. The van der Waals surface area contributed by atoms with E-state index in [2.05, 4.69) is 0 Å². The Hall–Kier alpha value is -5.17. The van der Waals surface area contributed by atoms with Gasteiger partial charge in [0.2, 0.25) is 11.2 Å². The maximum atomic E-state index is 13.4. The van der Waals surface area contributed by atoms with Crippen molar-refractivity contribution in [2.75, 3.05) is 0 Å². The smallest absolute Gasteiger partial charge is 0.311 e. The second-order valence-electron chi connectivity index (χ2n) is 9.71. The molecule has 0 aliphatic rings. The molecule has 0 aliphatic heterocycles. The van der Waals surface area contributed by atoms with Crippen molar-refractivity contribution < 1.29 is 28.2 Å². The van der Waals surface area contributed by atoms with Crippen LogP contribution >= 0.6 is 0 Å². The summed E-state index contributed by atoms with van der Waals surface area (Å²) in [4.78, 5) is 38.2. The van der Waals surface area contributed by atoms with E-state index in [-0.39, 0.29) is 36.9 Å². The quantitative estimate of drug-likeness (QED) is 0.117. The number of carbonyl (C=O) groups excluding carboxylic acids is 2. The number of esters is 2. The summed E-state index contributed by atoms with van der Waals surface area (Å²) in [5, 5.41) is 0.313. The summed E-state index contributed by atoms with van der Waals surface area (Å²) in [7, 11) is 0. The van der Waals surface area contributed by atoms with Gasteiger partial charge in [0.15, 0.2) is 5.76 Å². The Kier molecular flexibility index (Phi) is 9.42. The van der Waals surface area contributed by atoms with Gasteiger partial charge >= 0.3 is 11.9 Å². The molecule has 0 atom stereocenters. The van der Waals surface area contributed by atoms with Crippen LogP contribution in [0.1, 0.15) is 36.8 Å². The zero-order chi connectivity index (χ0) is 29.1. The largest absolute Gasteiger partial charge is 0.489 e. The van der Waals surface area contributed by atoms with Gasteiger partial charge in [-0.05, 0) is 60.4 Å².